The molecule has 16 nitrogen and oxygen atoms in total. The van der Waals surface area contributed by atoms with Gasteiger partial charge in [0.25, 0.3) is 5.91 Å². The lowest BCUT2D eigenvalue weighted by Gasteiger charge is -2.38. The van der Waals surface area contributed by atoms with Crippen molar-refractivity contribution in [3.8, 4) is 0 Å². The van der Waals surface area contributed by atoms with Crippen LogP contribution in [0.2, 0.25) is 0 Å². The average Bonchev–Trinajstić information content (AvgIpc) is 3.44. The molecular formula is C48H71N7O9. The van der Waals surface area contributed by atoms with E-state index in [1.165, 1.54) is 4.57 Å². The quantitative estimate of drug-likeness (QED) is 0.224. The molecule has 16 heteroatoms. The molecule has 2 aromatic carbocycles. The molecule has 3 fully saturated rings. The maximum Gasteiger partial charge on any atom is 0.419 e. The summed E-state index contributed by atoms with van der Waals surface area (Å²) < 4.78 is 17.9. The van der Waals surface area contributed by atoms with Gasteiger partial charge in [0.15, 0.2) is 11.7 Å². The average molecular weight is 890 g/mol. The smallest absolute Gasteiger partial charge is 0.419 e. The first-order valence-corrected chi connectivity index (χ1v) is 22.7. The summed E-state index contributed by atoms with van der Waals surface area (Å²) in [5.41, 5.74) is 4.72. The molecule has 5 amide bonds. The lowest BCUT2D eigenvalue weighted by Crippen LogP contribution is -2.51. The second-order valence-electron chi connectivity index (χ2n) is 18.1. The molecule has 1 atom stereocenters. The van der Waals surface area contributed by atoms with E-state index in [0.717, 1.165) is 67.6 Å². The van der Waals surface area contributed by atoms with Gasteiger partial charge < -0.3 is 43.7 Å². The monoisotopic (exact) mass is 890 g/mol. The summed E-state index contributed by atoms with van der Waals surface area (Å²) in [7, 11) is 5.51. The fourth-order valence-corrected chi connectivity index (χ4v) is 8.86. The van der Waals surface area contributed by atoms with Crippen molar-refractivity contribution in [1.29, 1.82) is 0 Å². The van der Waals surface area contributed by atoms with Crippen LogP contribution in [0.3, 0.4) is 0 Å². The van der Waals surface area contributed by atoms with Crippen LogP contribution in [0.5, 0.6) is 0 Å². The number of urea groups is 1. The first kappa shape index (κ1) is 49.6. The Hall–Kier alpha value is -5.38. The van der Waals surface area contributed by atoms with Crippen molar-refractivity contribution in [3.63, 3.8) is 0 Å². The molecule has 0 bridgehead atoms. The molecule has 352 valence electrons. The molecular weight excluding hydrogens is 819 g/mol. The largest absolute Gasteiger partial charge is 0.464 e. The van der Waals surface area contributed by atoms with Crippen LogP contribution in [-0.2, 0) is 43.7 Å². The minimum Gasteiger partial charge on any atom is -0.464 e. The molecule has 0 saturated carbocycles. The molecule has 0 radical (unpaired) electrons. The number of oxazole rings is 1. The number of hydrogen-bond acceptors (Lipinski definition) is 10. The zero-order chi connectivity index (χ0) is 45.2. The summed E-state index contributed by atoms with van der Waals surface area (Å²) in [5, 5.41) is 3.03. The summed E-state index contributed by atoms with van der Waals surface area (Å²) in [6.45, 7) is 11.8. The number of likely N-dealkylation sites (tertiary alicyclic amines) is 3. The number of rotatable bonds is 11. The molecule has 3 saturated heterocycles. The zero-order valence-electron chi connectivity index (χ0n) is 38.1. The van der Waals surface area contributed by atoms with Gasteiger partial charge in [-0.2, -0.15) is 0 Å². The number of likely N-dealkylation sites (N-methyl/N-ethyl adjacent to an activating group) is 1. The highest BCUT2D eigenvalue weighted by Gasteiger charge is 2.35. The van der Waals surface area contributed by atoms with Crippen molar-refractivity contribution >= 4 is 46.7 Å². The second-order valence-corrected chi connectivity index (χ2v) is 18.1. The van der Waals surface area contributed by atoms with Gasteiger partial charge in [-0.3, -0.25) is 19.0 Å². The Labute approximate surface area is 378 Å². The Balaban J connectivity index is 0.000000326. The van der Waals surface area contributed by atoms with Gasteiger partial charge in [0.1, 0.15) is 6.61 Å². The number of nitrogens with zero attached hydrogens (tertiary/aromatic N) is 6. The SMILES string of the molecule is C.CC1CCN(C(=O)CCC(=O)OCCN(C)C)CC1.Cc1cc(C[C@@H](OC(=O)N2CCC(N3CCc4ccccc4NC3=O)CC2)C(=O)N2CCC(C)CC2)cc2oc(=O)n(C)c12. The van der Waals surface area contributed by atoms with Gasteiger partial charge in [0.2, 0.25) is 5.91 Å². The van der Waals surface area contributed by atoms with Crippen LogP contribution in [0.25, 0.3) is 11.1 Å². The minimum absolute atomic E-state index is 0. The summed E-state index contributed by atoms with van der Waals surface area (Å²) in [5.74, 6) is 0.408. The topological polar surface area (TPSA) is 167 Å². The summed E-state index contributed by atoms with van der Waals surface area (Å²) in [4.78, 5) is 84.9. The molecule has 4 aliphatic rings. The van der Waals surface area contributed by atoms with Gasteiger partial charge in [0.05, 0.1) is 11.9 Å². The van der Waals surface area contributed by atoms with E-state index in [9.17, 15) is 28.8 Å². The van der Waals surface area contributed by atoms with Crippen LogP contribution >= 0.6 is 0 Å². The van der Waals surface area contributed by atoms with E-state index in [2.05, 4.69) is 19.2 Å². The van der Waals surface area contributed by atoms with Gasteiger partial charge in [-0.25, -0.2) is 14.4 Å². The molecule has 1 N–H and O–H groups in total. The van der Waals surface area contributed by atoms with Gasteiger partial charge in [-0.15, -0.1) is 0 Å². The van der Waals surface area contributed by atoms with Crippen molar-refractivity contribution in [3.05, 3.63) is 63.6 Å². The number of esters is 1. The number of carbonyl (C=O) groups is 5. The molecule has 64 heavy (non-hydrogen) atoms. The zero-order valence-corrected chi connectivity index (χ0v) is 38.1. The fourth-order valence-electron chi connectivity index (χ4n) is 8.86. The molecule has 1 aromatic heterocycles. The molecule has 7 rings (SSSR count). The molecule has 0 unspecified atom stereocenters. The minimum atomic E-state index is -1.00. The molecule has 0 aliphatic carbocycles. The molecule has 0 spiro atoms. The molecule has 3 aromatic rings. The normalized spacial score (nSPS) is 18.0. The predicted octanol–water partition coefficient (Wildman–Crippen LogP) is 6.07. The maximum atomic E-state index is 13.8. The number of ether oxygens (including phenoxy) is 2. The highest BCUT2D eigenvalue weighted by Crippen LogP contribution is 2.27. The van der Waals surface area contributed by atoms with Crippen LogP contribution in [0.1, 0.15) is 89.3 Å². The van der Waals surface area contributed by atoms with Crippen molar-refractivity contribution in [2.75, 3.05) is 78.4 Å². The van der Waals surface area contributed by atoms with Crippen LogP contribution in [0.15, 0.2) is 45.6 Å². The number of benzene rings is 2. The first-order chi connectivity index (χ1) is 30.2. The Bertz CT molecular complexity index is 2130. The predicted molar refractivity (Wildman–Crippen MR) is 246 cm³/mol. The van der Waals surface area contributed by atoms with Crippen LogP contribution in [0.4, 0.5) is 15.3 Å². The first-order valence-electron chi connectivity index (χ1n) is 22.7. The van der Waals surface area contributed by atoms with E-state index in [1.807, 2.05) is 66.1 Å². The summed E-state index contributed by atoms with van der Waals surface area (Å²) in [6.07, 6.45) is 5.11. The van der Waals surface area contributed by atoms with E-state index in [4.69, 9.17) is 13.9 Å². The van der Waals surface area contributed by atoms with E-state index in [0.29, 0.717) is 81.7 Å². The van der Waals surface area contributed by atoms with Crippen LogP contribution < -0.4 is 11.1 Å². The van der Waals surface area contributed by atoms with Crippen molar-refractivity contribution in [2.45, 2.75) is 105 Å². The third kappa shape index (κ3) is 13.1. The maximum absolute atomic E-state index is 13.8. The summed E-state index contributed by atoms with van der Waals surface area (Å²) >= 11 is 0. The van der Waals surface area contributed by atoms with Gasteiger partial charge in [-0.05, 0) is 107 Å². The van der Waals surface area contributed by atoms with Crippen molar-refractivity contribution < 1.29 is 37.9 Å². The third-order valence-electron chi connectivity index (χ3n) is 13.0. The van der Waals surface area contributed by atoms with Crippen molar-refractivity contribution in [2.24, 2.45) is 18.9 Å². The number of piperidine rings is 3. The highest BCUT2D eigenvalue weighted by atomic mass is 16.6. The number of para-hydroxylation sites is 1. The number of nitrogens with one attached hydrogen (secondary N) is 1. The van der Waals surface area contributed by atoms with Crippen molar-refractivity contribution in [1.82, 2.24) is 29.1 Å². The third-order valence-corrected chi connectivity index (χ3v) is 13.0. The number of amides is 5. The van der Waals surface area contributed by atoms with E-state index >= 15 is 0 Å². The number of aromatic nitrogens is 1. The standard InChI is InChI=1S/C33H41N5O6.C14H26N2O3.CH4/c1-21-8-13-36(14-9-21)30(39)28(20-23-18-22(2)29-27(19-23)43-32(41)35(29)3)44-33(42)37-15-11-25(12-16-37)38-17-10-24-6-4-5-7-26(24)34-31(38)40;1-12-6-8-16(9-7-12)13(17)4-5-14(18)19-11-10-15(2)3;/h4-7,18-19,21,25,28H,8-17,20H2,1-3H3,(H,34,40);12H,4-11H2,1-3H3;1H4/t28-;;/m1../s1. The summed E-state index contributed by atoms with van der Waals surface area (Å²) in [6, 6.07) is 11.4. The number of aryl methyl sites for hydroxylation is 2. The molecule has 4 aliphatic heterocycles. The van der Waals surface area contributed by atoms with E-state index < -0.39 is 18.0 Å². The highest BCUT2D eigenvalue weighted by molar-refractivity contribution is 5.91. The lowest BCUT2D eigenvalue weighted by molar-refractivity contribution is -0.146. The fraction of sp³-hybridized carbons (Fsp3) is 0.625. The Morgan fingerprint density at radius 1 is 0.844 bits per heavy atom. The van der Waals surface area contributed by atoms with Crippen LogP contribution in [-0.4, -0.2) is 144 Å². The van der Waals surface area contributed by atoms with E-state index in [1.54, 1.807) is 22.9 Å². The Morgan fingerprint density at radius 2 is 1.47 bits per heavy atom. The number of fused-ring (bicyclic) bond motifs is 2. The number of hydrogen-bond donors (Lipinski definition) is 1. The number of carbonyl (C=O) groups excluding carboxylic acids is 5. The Morgan fingerprint density at radius 3 is 2.12 bits per heavy atom. The molecule has 5 heterocycles. The van der Waals surface area contributed by atoms with Gasteiger partial charge in [0, 0.05) is 84.0 Å². The van der Waals surface area contributed by atoms with E-state index in [-0.39, 0.29) is 56.5 Å². The van der Waals surface area contributed by atoms with Gasteiger partial charge >= 0.3 is 23.8 Å². The second kappa shape index (κ2) is 23.0. The number of anilines is 1. The Kier molecular flexibility index (Phi) is 17.8. The lowest BCUT2D eigenvalue weighted by atomic mass is 9.98. The van der Waals surface area contributed by atoms with Crippen LogP contribution in [0, 0.1) is 18.8 Å². The van der Waals surface area contributed by atoms with Gasteiger partial charge in [-0.1, -0.05) is 45.5 Å².